The normalized spacial score (nSPS) is 10.3. The van der Waals surface area contributed by atoms with Crippen LogP contribution in [0.5, 0.6) is 0 Å². The molecule has 0 aliphatic rings. The maximum atomic E-state index is 10.8. The lowest BCUT2D eigenvalue weighted by molar-refractivity contribution is -0.121. The van der Waals surface area contributed by atoms with Crippen molar-refractivity contribution in [3.63, 3.8) is 0 Å². The summed E-state index contributed by atoms with van der Waals surface area (Å²) in [6.07, 6.45) is 7.04. The van der Waals surface area contributed by atoms with Gasteiger partial charge in [-0.1, -0.05) is 6.92 Å². The number of hydrogen-bond acceptors (Lipinski definition) is 3. The van der Waals surface area contributed by atoms with Gasteiger partial charge in [-0.05, 0) is 12.8 Å². The van der Waals surface area contributed by atoms with E-state index in [0.29, 0.717) is 6.42 Å². The second kappa shape index (κ2) is 6.19. The van der Waals surface area contributed by atoms with Crippen LogP contribution in [0.4, 0.5) is 0 Å². The minimum Gasteiger partial charge on any atom is -0.335 e. The van der Waals surface area contributed by atoms with Crippen molar-refractivity contribution >= 4 is 5.91 Å². The summed E-state index contributed by atoms with van der Waals surface area (Å²) in [4.78, 5) is 15.1. The molecule has 1 aromatic heterocycles. The molecular formula is C10H18N4O. The summed E-state index contributed by atoms with van der Waals surface area (Å²) in [6.45, 7) is 3.00. The summed E-state index contributed by atoms with van der Waals surface area (Å²) >= 11 is 0. The zero-order chi connectivity index (χ0) is 11.1. The Bertz CT molecular complexity index is 308. The summed E-state index contributed by atoms with van der Waals surface area (Å²) < 4.78 is 2.13. The molecule has 0 aliphatic carbocycles. The van der Waals surface area contributed by atoms with Crippen LogP contribution in [0.3, 0.4) is 0 Å². The van der Waals surface area contributed by atoms with Gasteiger partial charge in [-0.3, -0.25) is 10.2 Å². The third kappa shape index (κ3) is 3.71. The van der Waals surface area contributed by atoms with Gasteiger partial charge in [0.15, 0.2) is 0 Å². The predicted octanol–water partition coefficient (Wildman–Crippen LogP) is 0.606. The van der Waals surface area contributed by atoms with E-state index in [9.17, 15) is 4.79 Å². The van der Waals surface area contributed by atoms with Gasteiger partial charge in [0.1, 0.15) is 5.82 Å². The van der Waals surface area contributed by atoms with Crippen LogP contribution in [0.1, 0.15) is 32.0 Å². The Kier molecular flexibility index (Phi) is 4.83. The number of amides is 1. The first-order valence-electron chi connectivity index (χ1n) is 5.27. The van der Waals surface area contributed by atoms with E-state index >= 15 is 0 Å². The minimum atomic E-state index is -0.101. The average molecular weight is 210 g/mol. The fourth-order valence-corrected chi connectivity index (χ4v) is 1.50. The molecule has 0 saturated carbocycles. The summed E-state index contributed by atoms with van der Waals surface area (Å²) in [5.41, 5.74) is 2.12. The monoisotopic (exact) mass is 210 g/mol. The first-order valence-corrected chi connectivity index (χ1v) is 5.27. The minimum absolute atomic E-state index is 0.101. The van der Waals surface area contributed by atoms with Gasteiger partial charge in [0, 0.05) is 31.8 Å². The molecule has 3 N–H and O–H groups in total. The molecule has 84 valence electrons. The van der Waals surface area contributed by atoms with Crippen LogP contribution in [-0.4, -0.2) is 15.5 Å². The number of hydrazine groups is 1. The Morgan fingerprint density at radius 3 is 3.07 bits per heavy atom. The van der Waals surface area contributed by atoms with Crippen molar-refractivity contribution in [1.82, 2.24) is 15.0 Å². The number of unbranched alkanes of at least 4 members (excludes halogenated alkanes) is 1. The first kappa shape index (κ1) is 11.7. The van der Waals surface area contributed by atoms with E-state index < -0.39 is 0 Å². The van der Waals surface area contributed by atoms with E-state index in [4.69, 9.17) is 5.84 Å². The molecular weight excluding hydrogens is 192 g/mol. The van der Waals surface area contributed by atoms with Crippen molar-refractivity contribution < 1.29 is 4.79 Å². The highest BCUT2D eigenvalue weighted by Crippen LogP contribution is 2.03. The van der Waals surface area contributed by atoms with Crippen LogP contribution < -0.4 is 11.3 Å². The number of hydrogen-bond donors (Lipinski definition) is 2. The van der Waals surface area contributed by atoms with E-state index in [0.717, 1.165) is 31.6 Å². The van der Waals surface area contributed by atoms with Crippen LogP contribution in [0, 0.1) is 0 Å². The molecule has 5 nitrogen and oxygen atoms in total. The van der Waals surface area contributed by atoms with Gasteiger partial charge in [-0.15, -0.1) is 0 Å². The zero-order valence-corrected chi connectivity index (χ0v) is 9.07. The summed E-state index contributed by atoms with van der Waals surface area (Å²) in [7, 11) is 0. The maximum Gasteiger partial charge on any atom is 0.233 e. The number of imidazole rings is 1. The summed E-state index contributed by atoms with van der Waals surface area (Å²) in [6, 6.07) is 0. The van der Waals surface area contributed by atoms with Crippen LogP contribution in [0.2, 0.25) is 0 Å². The van der Waals surface area contributed by atoms with Crippen LogP contribution >= 0.6 is 0 Å². The molecule has 15 heavy (non-hydrogen) atoms. The van der Waals surface area contributed by atoms with Gasteiger partial charge < -0.3 is 4.57 Å². The van der Waals surface area contributed by atoms with E-state index in [2.05, 4.69) is 21.9 Å². The third-order valence-corrected chi connectivity index (χ3v) is 2.33. The molecule has 0 radical (unpaired) electrons. The molecule has 1 amide bonds. The Hall–Kier alpha value is -1.36. The Morgan fingerprint density at radius 2 is 2.40 bits per heavy atom. The largest absolute Gasteiger partial charge is 0.335 e. The Labute approximate surface area is 89.6 Å². The lowest BCUT2D eigenvalue weighted by atomic mass is 10.2. The lowest BCUT2D eigenvalue weighted by Crippen LogP contribution is -2.29. The quantitative estimate of drug-likeness (QED) is 0.312. The van der Waals surface area contributed by atoms with Crippen molar-refractivity contribution in [3.8, 4) is 0 Å². The highest BCUT2D eigenvalue weighted by Gasteiger charge is 2.01. The third-order valence-electron chi connectivity index (χ3n) is 2.33. The molecule has 1 aromatic rings. The number of carbonyl (C=O) groups excluding carboxylic acids is 1. The maximum absolute atomic E-state index is 10.8. The molecule has 1 heterocycles. The molecule has 0 fully saturated rings. The number of rotatable bonds is 6. The van der Waals surface area contributed by atoms with Gasteiger partial charge in [0.2, 0.25) is 5.91 Å². The second-order valence-corrected chi connectivity index (χ2v) is 3.42. The van der Waals surface area contributed by atoms with Gasteiger partial charge in [0.05, 0.1) is 0 Å². The van der Waals surface area contributed by atoms with Crippen molar-refractivity contribution in [2.45, 2.75) is 39.2 Å². The van der Waals surface area contributed by atoms with Gasteiger partial charge in [-0.25, -0.2) is 10.8 Å². The van der Waals surface area contributed by atoms with Crippen molar-refractivity contribution in [1.29, 1.82) is 0 Å². The Balaban J connectivity index is 2.23. The van der Waals surface area contributed by atoms with E-state index in [1.807, 2.05) is 12.4 Å². The molecule has 0 atom stereocenters. The number of nitrogens with two attached hydrogens (primary N) is 1. The van der Waals surface area contributed by atoms with Gasteiger partial charge >= 0.3 is 0 Å². The highest BCUT2D eigenvalue weighted by molar-refractivity contribution is 5.74. The van der Waals surface area contributed by atoms with Crippen molar-refractivity contribution in [2.75, 3.05) is 0 Å². The van der Waals surface area contributed by atoms with Crippen molar-refractivity contribution in [2.24, 2.45) is 5.84 Å². The fourth-order valence-electron chi connectivity index (χ4n) is 1.50. The van der Waals surface area contributed by atoms with E-state index in [1.54, 1.807) is 0 Å². The molecule has 1 rings (SSSR count). The number of aromatic nitrogens is 2. The topological polar surface area (TPSA) is 72.9 Å². The van der Waals surface area contributed by atoms with Gasteiger partial charge in [0.25, 0.3) is 0 Å². The smallest absolute Gasteiger partial charge is 0.233 e. The van der Waals surface area contributed by atoms with E-state index in [1.165, 1.54) is 0 Å². The lowest BCUT2D eigenvalue weighted by Gasteiger charge is -2.05. The highest BCUT2D eigenvalue weighted by atomic mass is 16.2. The molecule has 5 heteroatoms. The second-order valence-electron chi connectivity index (χ2n) is 3.42. The first-order chi connectivity index (χ1) is 7.27. The summed E-state index contributed by atoms with van der Waals surface area (Å²) in [5.74, 6) is 5.97. The number of aryl methyl sites for hydroxylation is 2. The number of nitrogens with one attached hydrogen (secondary N) is 1. The van der Waals surface area contributed by atoms with Crippen LogP contribution in [-0.2, 0) is 17.8 Å². The zero-order valence-electron chi connectivity index (χ0n) is 9.07. The molecule has 0 spiro atoms. The average Bonchev–Trinajstić information content (AvgIpc) is 2.71. The molecule has 0 aromatic carbocycles. The fraction of sp³-hybridized carbons (Fsp3) is 0.600. The molecule has 0 bridgehead atoms. The number of carbonyl (C=O) groups is 1. The Morgan fingerprint density at radius 1 is 1.60 bits per heavy atom. The van der Waals surface area contributed by atoms with Crippen LogP contribution in [0.25, 0.3) is 0 Å². The number of nitrogens with zero attached hydrogens (tertiary/aromatic N) is 2. The predicted molar refractivity (Wildman–Crippen MR) is 57.8 cm³/mol. The standard InChI is InChI=1S/C10H18N4O/c1-2-9-12-6-8-14(9)7-4-3-5-10(15)13-11/h6,8H,2-5,7,11H2,1H3,(H,13,15). The van der Waals surface area contributed by atoms with Gasteiger partial charge in [-0.2, -0.15) is 0 Å². The molecule has 0 saturated heterocycles. The van der Waals surface area contributed by atoms with Crippen LogP contribution in [0.15, 0.2) is 12.4 Å². The van der Waals surface area contributed by atoms with E-state index in [-0.39, 0.29) is 5.91 Å². The molecule has 0 aliphatic heterocycles. The molecule has 0 unspecified atom stereocenters. The van der Waals surface area contributed by atoms with Crippen molar-refractivity contribution in [3.05, 3.63) is 18.2 Å². The summed E-state index contributed by atoms with van der Waals surface area (Å²) in [5, 5.41) is 0. The SMILES string of the molecule is CCc1nccn1CCCCC(=O)NN.